The number of aliphatic hydroxyl groups excluding tert-OH is 1. The second-order valence-electron chi connectivity index (χ2n) is 10.7. The third-order valence-electron chi connectivity index (χ3n) is 6.89. The van der Waals surface area contributed by atoms with Gasteiger partial charge in [0, 0.05) is 11.8 Å². The summed E-state index contributed by atoms with van der Waals surface area (Å²) in [6.07, 6.45) is 1.61. The van der Waals surface area contributed by atoms with Crippen LogP contribution in [0.15, 0.2) is 84.3 Å². The molecule has 0 saturated carbocycles. The van der Waals surface area contributed by atoms with Gasteiger partial charge in [-0.1, -0.05) is 74.6 Å². The van der Waals surface area contributed by atoms with Crippen molar-refractivity contribution in [2.45, 2.75) is 39.2 Å². The maximum absolute atomic E-state index is 14.1. The Hall–Kier alpha value is -4.21. The molecule has 1 unspecified atom stereocenters. The number of ketones is 1. The minimum Gasteiger partial charge on any atom is -0.503 e. The molecule has 0 saturated heterocycles. The van der Waals surface area contributed by atoms with E-state index in [2.05, 4.69) is 36.8 Å². The number of benzene rings is 2. The number of fused-ring (bicyclic) bond motifs is 1. The lowest BCUT2D eigenvalue weighted by molar-refractivity contribution is -0.117. The average Bonchev–Trinajstić information content (AvgIpc) is 3.62. The SMILES string of the molecule is Cc1nc(-c2ccccc2)sc1C(=O)C1=C(O)C(=O)N(c2nc3ccc(C(C)(C)C)cc3s2)C1c1ccccn1. The summed E-state index contributed by atoms with van der Waals surface area (Å²) in [7, 11) is 0. The molecule has 5 aromatic rings. The van der Waals surface area contributed by atoms with Gasteiger partial charge in [-0.25, -0.2) is 9.97 Å². The molecule has 9 heteroatoms. The molecule has 4 heterocycles. The fourth-order valence-corrected chi connectivity index (χ4v) is 6.83. The number of aliphatic hydroxyl groups is 1. The predicted molar refractivity (Wildman–Crippen MR) is 159 cm³/mol. The molecule has 0 aliphatic carbocycles. The van der Waals surface area contributed by atoms with Crippen molar-refractivity contribution in [1.29, 1.82) is 0 Å². The minimum atomic E-state index is -0.939. The maximum atomic E-state index is 14.1. The van der Waals surface area contributed by atoms with E-state index < -0.39 is 23.5 Å². The Bertz CT molecular complexity index is 1800. The molecule has 6 rings (SSSR count). The number of nitrogens with zero attached hydrogens (tertiary/aromatic N) is 4. The molecule has 40 heavy (non-hydrogen) atoms. The Balaban J connectivity index is 1.46. The summed E-state index contributed by atoms with van der Waals surface area (Å²) in [6, 6.07) is 20.0. The fourth-order valence-electron chi connectivity index (χ4n) is 4.77. The molecular formula is C31H26N4O3S2. The Morgan fingerprint density at radius 3 is 2.42 bits per heavy atom. The smallest absolute Gasteiger partial charge is 0.296 e. The summed E-state index contributed by atoms with van der Waals surface area (Å²) in [4.78, 5) is 43.3. The first kappa shape index (κ1) is 26.0. The van der Waals surface area contributed by atoms with Gasteiger partial charge in [0.15, 0.2) is 10.9 Å². The van der Waals surface area contributed by atoms with E-state index in [0.717, 1.165) is 21.3 Å². The molecule has 1 atom stereocenters. The number of rotatable bonds is 5. The van der Waals surface area contributed by atoms with Gasteiger partial charge in [0.25, 0.3) is 5.91 Å². The highest BCUT2D eigenvalue weighted by molar-refractivity contribution is 7.22. The summed E-state index contributed by atoms with van der Waals surface area (Å²) in [5.41, 5.74) is 3.70. The van der Waals surface area contributed by atoms with Crippen LogP contribution in [-0.2, 0) is 10.2 Å². The maximum Gasteiger partial charge on any atom is 0.296 e. The van der Waals surface area contributed by atoms with Crippen LogP contribution >= 0.6 is 22.7 Å². The van der Waals surface area contributed by atoms with E-state index in [0.29, 0.717) is 26.4 Å². The average molecular weight is 567 g/mol. The number of carbonyl (C=O) groups excluding carboxylic acids is 2. The first-order valence-corrected chi connectivity index (χ1v) is 14.4. The van der Waals surface area contributed by atoms with E-state index >= 15 is 0 Å². The molecule has 0 radical (unpaired) electrons. The van der Waals surface area contributed by atoms with Crippen LogP contribution < -0.4 is 4.90 Å². The zero-order valence-electron chi connectivity index (χ0n) is 22.4. The Morgan fingerprint density at radius 1 is 0.975 bits per heavy atom. The molecule has 200 valence electrons. The van der Waals surface area contributed by atoms with Crippen molar-refractivity contribution in [3.05, 3.63) is 106 Å². The molecule has 0 spiro atoms. The first-order valence-electron chi connectivity index (χ1n) is 12.8. The van der Waals surface area contributed by atoms with Crippen LogP contribution in [0, 0.1) is 6.92 Å². The number of pyridine rings is 1. The third kappa shape index (κ3) is 4.41. The third-order valence-corrected chi connectivity index (χ3v) is 9.12. The van der Waals surface area contributed by atoms with E-state index in [1.807, 2.05) is 42.5 Å². The normalized spacial score (nSPS) is 15.8. The van der Waals surface area contributed by atoms with Gasteiger partial charge in [-0.2, -0.15) is 0 Å². The van der Waals surface area contributed by atoms with Gasteiger partial charge in [0.1, 0.15) is 11.0 Å². The largest absolute Gasteiger partial charge is 0.503 e. The zero-order valence-corrected chi connectivity index (χ0v) is 24.0. The quantitative estimate of drug-likeness (QED) is 0.226. The summed E-state index contributed by atoms with van der Waals surface area (Å²) in [5.74, 6) is -1.72. The lowest BCUT2D eigenvalue weighted by Crippen LogP contribution is -2.31. The van der Waals surface area contributed by atoms with Crippen LogP contribution in [-0.4, -0.2) is 31.7 Å². The number of hydrogen-bond donors (Lipinski definition) is 1. The fraction of sp³-hybridized carbons (Fsp3) is 0.194. The number of aryl methyl sites for hydroxylation is 1. The second kappa shape index (κ2) is 9.76. The number of thiazole rings is 2. The van der Waals surface area contributed by atoms with Crippen molar-refractivity contribution < 1.29 is 14.7 Å². The molecule has 1 amide bonds. The summed E-state index contributed by atoms with van der Waals surface area (Å²) < 4.78 is 0.917. The molecule has 1 aliphatic rings. The van der Waals surface area contributed by atoms with Crippen molar-refractivity contribution in [3.63, 3.8) is 0 Å². The highest BCUT2D eigenvalue weighted by atomic mass is 32.1. The number of aromatic nitrogens is 3. The summed E-state index contributed by atoms with van der Waals surface area (Å²) in [5, 5.41) is 12.3. The summed E-state index contributed by atoms with van der Waals surface area (Å²) in [6.45, 7) is 8.18. The van der Waals surface area contributed by atoms with Crippen molar-refractivity contribution in [2.75, 3.05) is 4.90 Å². The molecule has 1 aliphatic heterocycles. The lowest BCUT2D eigenvalue weighted by atomic mass is 9.87. The Kier molecular flexibility index (Phi) is 6.35. The molecule has 2 aromatic carbocycles. The van der Waals surface area contributed by atoms with E-state index in [-0.39, 0.29) is 11.0 Å². The Labute approximate surface area is 239 Å². The van der Waals surface area contributed by atoms with Crippen LogP contribution in [0.2, 0.25) is 0 Å². The number of hydrogen-bond acceptors (Lipinski definition) is 8. The van der Waals surface area contributed by atoms with Crippen LogP contribution in [0.5, 0.6) is 0 Å². The van der Waals surface area contributed by atoms with E-state index in [9.17, 15) is 14.7 Å². The molecule has 1 N–H and O–H groups in total. The lowest BCUT2D eigenvalue weighted by Gasteiger charge is -2.23. The zero-order chi connectivity index (χ0) is 28.2. The van der Waals surface area contributed by atoms with Gasteiger partial charge in [-0.05, 0) is 42.2 Å². The highest BCUT2D eigenvalue weighted by Gasteiger charge is 2.47. The van der Waals surface area contributed by atoms with Gasteiger partial charge >= 0.3 is 0 Å². The van der Waals surface area contributed by atoms with E-state index in [1.165, 1.54) is 27.6 Å². The van der Waals surface area contributed by atoms with E-state index in [1.54, 1.807) is 31.3 Å². The highest BCUT2D eigenvalue weighted by Crippen LogP contribution is 2.45. The second-order valence-corrected chi connectivity index (χ2v) is 12.7. The first-order chi connectivity index (χ1) is 19.1. The predicted octanol–water partition coefficient (Wildman–Crippen LogP) is 7.20. The van der Waals surface area contributed by atoms with Crippen molar-refractivity contribution in [3.8, 4) is 10.6 Å². The number of Topliss-reactive ketones (excluding diaryl/α,β-unsaturated/α-hetero) is 1. The molecular weight excluding hydrogens is 541 g/mol. The molecule has 3 aromatic heterocycles. The molecule has 0 fully saturated rings. The summed E-state index contributed by atoms with van der Waals surface area (Å²) >= 11 is 2.59. The van der Waals surface area contributed by atoms with Gasteiger partial charge in [0.05, 0.1) is 32.1 Å². The minimum absolute atomic E-state index is 0.0234. The van der Waals surface area contributed by atoms with Crippen LogP contribution in [0.25, 0.3) is 20.8 Å². The van der Waals surface area contributed by atoms with Gasteiger partial charge < -0.3 is 5.11 Å². The van der Waals surface area contributed by atoms with Crippen molar-refractivity contribution in [1.82, 2.24) is 15.0 Å². The van der Waals surface area contributed by atoms with Crippen molar-refractivity contribution >= 4 is 49.7 Å². The number of anilines is 1. The monoisotopic (exact) mass is 566 g/mol. The van der Waals surface area contributed by atoms with Crippen molar-refractivity contribution in [2.24, 2.45) is 0 Å². The number of amides is 1. The standard InChI is InChI=1S/C31H26N4O3S2/c1-17-27(40-28(33-17)18-10-6-5-7-11-18)25(36)23-24(21-12-8-9-15-32-21)35(29(38)26(23)37)30-34-20-14-13-19(31(2,3)4)16-22(20)39-30/h5-16,24,37H,1-4H3. The van der Waals surface area contributed by atoms with Crippen LogP contribution in [0.1, 0.15) is 53.4 Å². The van der Waals surface area contributed by atoms with Gasteiger partial charge in [-0.15, -0.1) is 11.3 Å². The topological polar surface area (TPSA) is 96.3 Å². The van der Waals surface area contributed by atoms with Crippen LogP contribution in [0.3, 0.4) is 0 Å². The molecule has 0 bridgehead atoms. The van der Waals surface area contributed by atoms with Gasteiger partial charge in [-0.3, -0.25) is 19.5 Å². The van der Waals surface area contributed by atoms with Gasteiger partial charge in [0.2, 0.25) is 5.78 Å². The Morgan fingerprint density at radius 2 is 1.73 bits per heavy atom. The van der Waals surface area contributed by atoms with E-state index in [4.69, 9.17) is 4.98 Å². The number of carbonyl (C=O) groups is 2. The molecule has 7 nitrogen and oxygen atoms in total. The van der Waals surface area contributed by atoms with Crippen LogP contribution in [0.4, 0.5) is 5.13 Å².